The number of fused-ring (bicyclic) bond motifs is 1. The summed E-state index contributed by atoms with van der Waals surface area (Å²) in [5.74, 6) is 0.493. The molecule has 0 heterocycles. The van der Waals surface area contributed by atoms with Crippen LogP contribution in [0.1, 0.15) is 47.8 Å². The van der Waals surface area contributed by atoms with Crippen LogP contribution < -0.4 is 9.47 Å². The molecule has 3 nitrogen and oxygen atoms in total. The zero-order chi connectivity index (χ0) is 23.4. The molecule has 0 atom stereocenters. The number of rotatable bonds is 5. The van der Waals surface area contributed by atoms with Crippen LogP contribution in [0.2, 0.25) is 0 Å². The van der Waals surface area contributed by atoms with Crippen molar-refractivity contribution in [2.24, 2.45) is 0 Å². The number of carbonyl (C=O) groups is 1. The fraction of sp³-hybridized carbons (Fsp3) is 0.167. The summed E-state index contributed by atoms with van der Waals surface area (Å²) >= 11 is 0. The first kappa shape index (κ1) is 22.3. The molecule has 33 heavy (non-hydrogen) atoms. The van der Waals surface area contributed by atoms with Crippen molar-refractivity contribution in [3.8, 4) is 11.5 Å². The number of ether oxygens (including phenoxy) is 2. The Bertz CT molecular complexity index is 1300. The van der Waals surface area contributed by atoms with Crippen molar-refractivity contribution in [2.45, 2.75) is 26.2 Å². The van der Waals surface area contributed by atoms with E-state index in [4.69, 9.17) is 9.47 Å². The molecule has 166 valence electrons. The molecule has 0 spiro atoms. The Kier molecular flexibility index (Phi) is 6.32. The second kappa shape index (κ2) is 9.33. The fourth-order valence-electron chi connectivity index (χ4n) is 3.72. The SMILES string of the molecule is COc1cc(/C=C/c2cccc3ccccc23)ccc1OC(=O)c1ccc(C(C)(C)C)cc1. The van der Waals surface area contributed by atoms with E-state index < -0.39 is 5.97 Å². The predicted octanol–water partition coefficient (Wildman–Crippen LogP) is 7.54. The summed E-state index contributed by atoms with van der Waals surface area (Å²) in [5.41, 5.74) is 3.79. The van der Waals surface area contributed by atoms with Crippen LogP contribution in [0.5, 0.6) is 11.5 Å². The number of carbonyl (C=O) groups excluding carboxylic acids is 1. The molecule has 0 bridgehead atoms. The van der Waals surface area contributed by atoms with Gasteiger partial charge in [0.15, 0.2) is 11.5 Å². The Morgan fingerprint density at radius 3 is 2.24 bits per heavy atom. The second-order valence-electron chi connectivity index (χ2n) is 9.03. The zero-order valence-electron chi connectivity index (χ0n) is 19.5. The van der Waals surface area contributed by atoms with Gasteiger partial charge in [0.2, 0.25) is 0 Å². The van der Waals surface area contributed by atoms with Gasteiger partial charge in [-0.3, -0.25) is 0 Å². The van der Waals surface area contributed by atoms with Gasteiger partial charge in [-0.1, -0.05) is 93.6 Å². The summed E-state index contributed by atoms with van der Waals surface area (Å²) in [4.78, 5) is 12.7. The van der Waals surface area contributed by atoms with Crippen molar-refractivity contribution in [1.29, 1.82) is 0 Å². The monoisotopic (exact) mass is 436 g/mol. The molecule has 0 aliphatic rings. The van der Waals surface area contributed by atoms with E-state index in [0.717, 1.165) is 11.1 Å². The van der Waals surface area contributed by atoms with Crippen LogP contribution in [0.25, 0.3) is 22.9 Å². The average molecular weight is 437 g/mol. The number of methoxy groups -OCH3 is 1. The highest BCUT2D eigenvalue weighted by molar-refractivity contribution is 5.93. The lowest BCUT2D eigenvalue weighted by atomic mass is 9.87. The number of hydrogen-bond donors (Lipinski definition) is 0. The van der Waals surface area contributed by atoms with Gasteiger partial charge in [-0.2, -0.15) is 0 Å². The van der Waals surface area contributed by atoms with E-state index in [1.807, 2.05) is 42.5 Å². The topological polar surface area (TPSA) is 35.5 Å². The maximum atomic E-state index is 12.7. The lowest BCUT2D eigenvalue weighted by Crippen LogP contribution is -2.13. The number of esters is 1. The normalized spacial score (nSPS) is 11.6. The summed E-state index contributed by atoms with van der Waals surface area (Å²) in [6.45, 7) is 6.42. The predicted molar refractivity (Wildman–Crippen MR) is 136 cm³/mol. The van der Waals surface area contributed by atoms with Gasteiger partial charge in [0.1, 0.15) is 0 Å². The van der Waals surface area contributed by atoms with Crippen molar-refractivity contribution < 1.29 is 14.3 Å². The highest BCUT2D eigenvalue weighted by Gasteiger charge is 2.16. The lowest BCUT2D eigenvalue weighted by Gasteiger charge is -2.19. The van der Waals surface area contributed by atoms with Crippen molar-refractivity contribution >= 4 is 28.9 Å². The van der Waals surface area contributed by atoms with Crippen LogP contribution in [-0.4, -0.2) is 13.1 Å². The van der Waals surface area contributed by atoms with Gasteiger partial charge < -0.3 is 9.47 Å². The first-order valence-corrected chi connectivity index (χ1v) is 11.0. The van der Waals surface area contributed by atoms with Gasteiger partial charge in [-0.15, -0.1) is 0 Å². The minimum absolute atomic E-state index is 0.0288. The standard InChI is InChI=1S/C30H28O3/c1-30(2,3)25-17-15-24(16-18-25)29(31)33-27-19-13-21(20-28(27)32-4)12-14-23-10-7-9-22-8-5-6-11-26(22)23/h5-20H,1-4H3/b14-12+. The van der Waals surface area contributed by atoms with E-state index in [-0.39, 0.29) is 5.41 Å². The highest BCUT2D eigenvalue weighted by Crippen LogP contribution is 2.30. The quantitative estimate of drug-likeness (QED) is 0.184. The Balaban J connectivity index is 1.53. The molecular weight excluding hydrogens is 408 g/mol. The first-order chi connectivity index (χ1) is 15.8. The molecule has 0 saturated heterocycles. The molecule has 4 rings (SSSR count). The van der Waals surface area contributed by atoms with Crippen LogP contribution in [0.4, 0.5) is 0 Å². The van der Waals surface area contributed by atoms with Crippen LogP contribution in [0, 0.1) is 0 Å². The van der Waals surface area contributed by atoms with Gasteiger partial charge in [0.05, 0.1) is 12.7 Å². The highest BCUT2D eigenvalue weighted by atomic mass is 16.6. The summed E-state index contributed by atoms with van der Waals surface area (Å²) in [5, 5.41) is 2.40. The van der Waals surface area contributed by atoms with Crippen LogP contribution in [-0.2, 0) is 5.41 Å². The Morgan fingerprint density at radius 1 is 0.788 bits per heavy atom. The maximum Gasteiger partial charge on any atom is 0.343 e. The molecule has 0 amide bonds. The molecule has 4 aromatic carbocycles. The van der Waals surface area contributed by atoms with Gasteiger partial charge in [0, 0.05) is 0 Å². The summed E-state index contributed by atoms with van der Waals surface area (Å²) in [7, 11) is 1.57. The molecular formula is C30H28O3. The second-order valence-corrected chi connectivity index (χ2v) is 9.03. The molecule has 0 radical (unpaired) electrons. The minimum Gasteiger partial charge on any atom is -0.493 e. The third kappa shape index (κ3) is 5.15. The van der Waals surface area contributed by atoms with Crippen LogP contribution in [0.3, 0.4) is 0 Å². The molecule has 0 aromatic heterocycles. The fourth-order valence-corrected chi connectivity index (χ4v) is 3.72. The van der Waals surface area contributed by atoms with Crippen molar-refractivity contribution in [3.63, 3.8) is 0 Å². The van der Waals surface area contributed by atoms with E-state index in [1.54, 1.807) is 25.3 Å². The molecule has 0 aliphatic heterocycles. The van der Waals surface area contributed by atoms with Crippen molar-refractivity contribution in [1.82, 2.24) is 0 Å². The number of benzene rings is 4. The molecule has 0 saturated carbocycles. The van der Waals surface area contributed by atoms with Gasteiger partial charge in [-0.25, -0.2) is 4.79 Å². The number of hydrogen-bond acceptors (Lipinski definition) is 3. The van der Waals surface area contributed by atoms with Crippen molar-refractivity contribution in [2.75, 3.05) is 7.11 Å². The Labute approximate surface area is 195 Å². The molecule has 4 aromatic rings. The van der Waals surface area contributed by atoms with Crippen LogP contribution >= 0.6 is 0 Å². The molecule has 0 N–H and O–H groups in total. The Hall–Kier alpha value is -3.85. The molecule has 0 aliphatic carbocycles. The lowest BCUT2D eigenvalue weighted by molar-refractivity contribution is 0.0729. The average Bonchev–Trinajstić information content (AvgIpc) is 2.82. The van der Waals surface area contributed by atoms with Gasteiger partial charge in [-0.05, 0) is 57.1 Å². The summed E-state index contributed by atoms with van der Waals surface area (Å²) in [6.07, 6.45) is 4.11. The van der Waals surface area contributed by atoms with Gasteiger partial charge in [0.25, 0.3) is 0 Å². The molecule has 0 fully saturated rings. The van der Waals surface area contributed by atoms with E-state index >= 15 is 0 Å². The smallest absolute Gasteiger partial charge is 0.343 e. The van der Waals surface area contributed by atoms with Crippen molar-refractivity contribution in [3.05, 3.63) is 107 Å². The van der Waals surface area contributed by atoms with E-state index in [1.165, 1.54) is 16.3 Å². The third-order valence-electron chi connectivity index (χ3n) is 5.66. The zero-order valence-corrected chi connectivity index (χ0v) is 19.5. The third-order valence-corrected chi connectivity index (χ3v) is 5.66. The molecule has 3 heteroatoms. The Morgan fingerprint density at radius 2 is 1.52 bits per heavy atom. The van der Waals surface area contributed by atoms with Crippen LogP contribution in [0.15, 0.2) is 84.9 Å². The van der Waals surface area contributed by atoms with E-state index in [9.17, 15) is 4.79 Å². The maximum absolute atomic E-state index is 12.7. The minimum atomic E-state index is -0.409. The molecule has 0 unspecified atom stereocenters. The summed E-state index contributed by atoms with van der Waals surface area (Å²) < 4.78 is 11.1. The largest absolute Gasteiger partial charge is 0.493 e. The van der Waals surface area contributed by atoms with E-state index in [2.05, 4.69) is 57.2 Å². The van der Waals surface area contributed by atoms with E-state index in [0.29, 0.717) is 17.1 Å². The van der Waals surface area contributed by atoms with Gasteiger partial charge >= 0.3 is 5.97 Å². The summed E-state index contributed by atoms with van der Waals surface area (Å²) in [6, 6.07) is 27.7. The first-order valence-electron chi connectivity index (χ1n) is 11.0.